The molecule has 2 aromatic carbocycles. The predicted molar refractivity (Wildman–Crippen MR) is 95.6 cm³/mol. The van der Waals surface area contributed by atoms with Gasteiger partial charge < -0.3 is 15.0 Å². The van der Waals surface area contributed by atoms with Gasteiger partial charge in [-0.15, -0.1) is 0 Å². The van der Waals surface area contributed by atoms with Crippen molar-refractivity contribution >= 4 is 23.3 Å². The van der Waals surface area contributed by atoms with Gasteiger partial charge in [-0.05, 0) is 49.7 Å². The molecule has 0 radical (unpaired) electrons. The molecule has 1 amide bonds. The average Bonchev–Trinajstić information content (AvgIpc) is 2.53. The van der Waals surface area contributed by atoms with Gasteiger partial charge >= 0.3 is 5.97 Å². The fourth-order valence-corrected chi connectivity index (χ4v) is 2.29. The fraction of sp³-hybridized carbons (Fsp3) is 0.263. The number of benzene rings is 2. The van der Waals surface area contributed by atoms with Gasteiger partial charge in [0.25, 0.3) is 5.91 Å². The van der Waals surface area contributed by atoms with Crippen LogP contribution in [-0.4, -0.2) is 32.6 Å². The number of carbonyl (C=O) groups is 2. The SMILES string of the molecule is Cc1ccc(C(=O)OCC(=O)Nc2ccc(N(C)C)cc2)c(C)c1. The number of amides is 1. The lowest BCUT2D eigenvalue weighted by atomic mass is 10.1. The number of esters is 1. The van der Waals surface area contributed by atoms with E-state index in [2.05, 4.69) is 5.32 Å². The predicted octanol–water partition coefficient (Wildman–Crippen LogP) is 3.16. The molecule has 0 aliphatic rings. The zero-order chi connectivity index (χ0) is 17.7. The van der Waals surface area contributed by atoms with Gasteiger partial charge in [0.1, 0.15) is 0 Å². The summed E-state index contributed by atoms with van der Waals surface area (Å²) >= 11 is 0. The number of hydrogen-bond acceptors (Lipinski definition) is 4. The first-order valence-corrected chi connectivity index (χ1v) is 7.68. The lowest BCUT2D eigenvalue weighted by molar-refractivity contribution is -0.119. The Hall–Kier alpha value is -2.82. The Bertz CT molecular complexity index is 737. The first-order valence-electron chi connectivity index (χ1n) is 7.68. The number of anilines is 2. The Morgan fingerprint density at radius 2 is 1.71 bits per heavy atom. The van der Waals surface area contributed by atoms with Crippen molar-refractivity contribution < 1.29 is 14.3 Å². The van der Waals surface area contributed by atoms with E-state index in [1.165, 1.54) is 0 Å². The molecule has 0 aromatic heterocycles. The molecule has 0 aliphatic carbocycles. The molecule has 0 spiro atoms. The molecule has 5 heteroatoms. The largest absolute Gasteiger partial charge is 0.452 e. The van der Waals surface area contributed by atoms with Crippen LogP contribution in [-0.2, 0) is 9.53 Å². The quantitative estimate of drug-likeness (QED) is 0.858. The van der Waals surface area contributed by atoms with Crippen molar-refractivity contribution in [2.45, 2.75) is 13.8 Å². The minimum Gasteiger partial charge on any atom is -0.452 e. The van der Waals surface area contributed by atoms with Gasteiger partial charge in [0.2, 0.25) is 0 Å². The molecule has 0 aliphatic heterocycles. The van der Waals surface area contributed by atoms with Gasteiger partial charge in [-0.25, -0.2) is 4.79 Å². The van der Waals surface area contributed by atoms with E-state index in [4.69, 9.17) is 4.74 Å². The van der Waals surface area contributed by atoms with Crippen molar-refractivity contribution in [1.29, 1.82) is 0 Å². The van der Waals surface area contributed by atoms with Crippen molar-refractivity contribution in [2.24, 2.45) is 0 Å². The molecule has 0 fully saturated rings. The summed E-state index contributed by atoms with van der Waals surface area (Å²) in [6, 6.07) is 12.9. The highest BCUT2D eigenvalue weighted by Crippen LogP contribution is 2.16. The first kappa shape index (κ1) is 17.5. The number of rotatable bonds is 5. The average molecular weight is 326 g/mol. The Labute approximate surface area is 142 Å². The molecule has 1 N–H and O–H groups in total. The second-order valence-electron chi connectivity index (χ2n) is 5.88. The van der Waals surface area contributed by atoms with Crippen molar-refractivity contribution in [3.8, 4) is 0 Å². The zero-order valence-electron chi connectivity index (χ0n) is 14.4. The van der Waals surface area contributed by atoms with Crippen LogP contribution in [0.15, 0.2) is 42.5 Å². The van der Waals surface area contributed by atoms with Gasteiger partial charge in [-0.2, -0.15) is 0 Å². The summed E-state index contributed by atoms with van der Waals surface area (Å²) in [4.78, 5) is 25.9. The number of ether oxygens (including phenoxy) is 1. The maximum Gasteiger partial charge on any atom is 0.338 e. The summed E-state index contributed by atoms with van der Waals surface area (Å²) in [5, 5.41) is 2.70. The Balaban J connectivity index is 1.89. The standard InChI is InChI=1S/C19H22N2O3/c1-13-5-10-17(14(2)11-13)19(23)24-12-18(22)20-15-6-8-16(9-7-15)21(3)4/h5-11H,12H2,1-4H3,(H,20,22). The second-order valence-corrected chi connectivity index (χ2v) is 5.88. The Morgan fingerprint density at radius 3 is 2.29 bits per heavy atom. The van der Waals surface area contributed by atoms with E-state index in [9.17, 15) is 9.59 Å². The Kier molecular flexibility index (Phi) is 5.58. The van der Waals surface area contributed by atoms with Crippen LogP contribution < -0.4 is 10.2 Å². The third-order valence-electron chi connectivity index (χ3n) is 3.60. The molecule has 0 unspecified atom stereocenters. The molecular weight excluding hydrogens is 304 g/mol. The van der Waals surface area contributed by atoms with E-state index in [0.29, 0.717) is 11.3 Å². The molecule has 126 valence electrons. The second kappa shape index (κ2) is 7.64. The third kappa shape index (κ3) is 4.59. The molecular formula is C19H22N2O3. The van der Waals surface area contributed by atoms with Crippen LogP contribution in [0.1, 0.15) is 21.5 Å². The molecule has 0 saturated carbocycles. The van der Waals surface area contributed by atoms with E-state index in [1.54, 1.807) is 18.2 Å². The summed E-state index contributed by atoms with van der Waals surface area (Å²) in [5.41, 5.74) is 4.08. The number of nitrogens with one attached hydrogen (secondary N) is 1. The normalized spacial score (nSPS) is 10.2. The summed E-state index contributed by atoms with van der Waals surface area (Å²) in [6.07, 6.45) is 0. The molecule has 0 heterocycles. The molecule has 24 heavy (non-hydrogen) atoms. The highest BCUT2D eigenvalue weighted by atomic mass is 16.5. The van der Waals surface area contributed by atoms with Gasteiger partial charge in [-0.3, -0.25) is 4.79 Å². The molecule has 0 saturated heterocycles. The van der Waals surface area contributed by atoms with Gasteiger partial charge in [0.05, 0.1) is 5.56 Å². The molecule has 2 aromatic rings. The lowest BCUT2D eigenvalue weighted by Gasteiger charge is -2.13. The molecule has 0 atom stereocenters. The van der Waals surface area contributed by atoms with E-state index in [1.807, 2.05) is 57.1 Å². The Morgan fingerprint density at radius 1 is 1.04 bits per heavy atom. The van der Waals surface area contributed by atoms with Crippen LogP contribution in [0.25, 0.3) is 0 Å². The number of aryl methyl sites for hydroxylation is 2. The summed E-state index contributed by atoms with van der Waals surface area (Å²) in [7, 11) is 3.89. The van der Waals surface area contributed by atoms with Gasteiger partial charge in [-0.1, -0.05) is 17.7 Å². The summed E-state index contributed by atoms with van der Waals surface area (Å²) in [5.74, 6) is -0.865. The van der Waals surface area contributed by atoms with Crippen LogP contribution in [0.3, 0.4) is 0 Å². The van der Waals surface area contributed by atoms with E-state index < -0.39 is 5.97 Å². The highest BCUT2D eigenvalue weighted by molar-refractivity contribution is 5.96. The van der Waals surface area contributed by atoms with Gasteiger partial charge in [0.15, 0.2) is 6.61 Å². The van der Waals surface area contributed by atoms with Crippen molar-refractivity contribution in [1.82, 2.24) is 0 Å². The van der Waals surface area contributed by atoms with Crippen molar-refractivity contribution in [2.75, 3.05) is 30.9 Å². The smallest absolute Gasteiger partial charge is 0.338 e. The number of carbonyl (C=O) groups excluding carboxylic acids is 2. The molecule has 2 rings (SSSR count). The van der Waals surface area contributed by atoms with Crippen molar-refractivity contribution in [3.05, 3.63) is 59.2 Å². The van der Waals surface area contributed by atoms with Crippen LogP contribution in [0.2, 0.25) is 0 Å². The van der Waals surface area contributed by atoms with Gasteiger partial charge in [0, 0.05) is 25.5 Å². The monoisotopic (exact) mass is 326 g/mol. The minimum absolute atomic E-state index is 0.318. The summed E-state index contributed by atoms with van der Waals surface area (Å²) in [6.45, 7) is 3.48. The molecule has 5 nitrogen and oxygen atoms in total. The fourth-order valence-electron chi connectivity index (χ4n) is 2.29. The van der Waals surface area contributed by atoms with E-state index in [-0.39, 0.29) is 12.5 Å². The molecule has 0 bridgehead atoms. The topological polar surface area (TPSA) is 58.6 Å². The number of nitrogens with zero attached hydrogens (tertiary/aromatic N) is 1. The van der Waals surface area contributed by atoms with Crippen LogP contribution in [0.5, 0.6) is 0 Å². The minimum atomic E-state index is -0.495. The van der Waals surface area contributed by atoms with Crippen molar-refractivity contribution in [3.63, 3.8) is 0 Å². The lowest BCUT2D eigenvalue weighted by Crippen LogP contribution is -2.21. The zero-order valence-corrected chi connectivity index (χ0v) is 14.4. The number of hydrogen-bond donors (Lipinski definition) is 1. The van der Waals surface area contributed by atoms with Crippen LogP contribution >= 0.6 is 0 Å². The maximum atomic E-state index is 12.0. The maximum absolute atomic E-state index is 12.0. The van der Waals surface area contributed by atoms with Crippen LogP contribution in [0, 0.1) is 13.8 Å². The van der Waals surface area contributed by atoms with E-state index >= 15 is 0 Å². The third-order valence-corrected chi connectivity index (χ3v) is 3.60. The summed E-state index contributed by atoms with van der Waals surface area (Å²) < 4.78 is 5.09. The highest BCUT2D eigenvalue weighted by Gasteiger charge is 2.12. The van der Waals surface area contributed by atoms with E-state index in [0.717, 1.165) is 16.8 Å². The first-order chi connectivity index (χ1) is 11.4. The van der Waals surface area contributed by atoms with Crippen LogP contribution in [0.4, 0.5) is 11.4 Å².